The third-order valence-electron chi connectivity index (χ3n) is 6.37. The molecule has 12 heteroatoms. The van der Waals surface area contributed by atoms with Crippen LogP contribution >= 0.6 is 0 Å². The molecule has 1 heterocycles. The highest BCUT2D eigenvalue weighted by atomic mass is 16.6. The maximum atomic E-state index is 12.7. The van der Waals surface area contributed by atoms with Crippen molar-refractivity contribution in [3.63, 3.8) is 0 Å². The van der Waals surface area contributed by atoms with Crippen molar-refractivity contribution in [1.29, 1.82) is 0 Å². The van der Waals surface area contributed by atoms with E-state index in [2.05, 4.69) is 20.6 Å². The molecule has 1 aromatic carbocycles. The molecule has 2 rings (SSSR count). The second-order valence-electron chi connectivity index (χ2n) is 11.0. The number of likely N-dealkylation sites (N-methyl/N-ethyl adjacent to an activating group) is 2. The van der Waals surface area contributed by atoms with Gasteiger partial charge in [-0.25, -0.2) is 14.8 Å². The summed E-state index contributed by atoms with van der Waals surface area (Å²) in [6.07, 6.45) is 2.35. The number of amides is 3. The first-order valence-corrected chi connectivity index (χ1v) is 13.9. The van der Waals surface area contributed by atoms with Crippen molar-refractivity contribution >= 4 is 29.4 Å². The maximum absolute atomic E-state index is 12.7. The van der Waals surface area contributed by atoms with Crippen LogP contribution in [0, 0.1) is 6.92 Å². The van der Waals surface area contributed by atoms with Gasteiger partial charge in [0.1, 0.15) is 23.6 Å². The summed E-state index contributed by atoms with van der Waals surface area (Å²) in [7, 11) is 3.13. The lowest BCUT2D eigenvalue weighted by Gasteiger charge is -2.24. The highest BCUT2D eigenvalue weighted by Crippen LogP contribution is 2.23. The minimum absolute atomic E-state index is 0.188. The molecule has 12 nitrogen and oxygen atoms in total. The van der Waals surface area contributed by atoms with Crippen LogP contribution < -0.4 is 16.4 Å². The Morgan fingerprint density at radius 2 is 1.88 bits per heavy atom. The molecular weight excluding hydrogens is 538 g/mol. The van der Waals surface area contributed by atoms with E-state index in [9.17, 15) is 19.5 Å². The molecule has 0 bridgehead atoms. The Morgan fingerprint density at radius 3 is 2.50 bits per heavy atom. The number of carbonyl (C=O) groups excluding carboxylic acids is 3. The molecule has 1 aromatic heterocycles. The zero-order valence-corrected chi connectivity index (χ0v) is 25.9. The Labute approximate surface area is 248 Å². The molecule has 0 saturated heterocycles. The van der Waals surface area contributed by atoms with Crippen LogP contribution in [0.4, 0.5) is 16.3 Å². The van der Waals surface area contributed by atoms with Crippen LogP contribution in [0.2, 0.25) is 0 Å². The molecule has 3 amide bonds. The second kappa shape index (κ2) is 15.3. The summed E-state index contributed by atoms with van der Waals surface area (Å²) in [6.45, 7) is 11.4. The van der Waals surface area contributed by atoms with Crippen molar-refractivity contribution < 1.29 is 24.2 Å². The van der Waals surface area contributed by atoms with Crippen molar-refractivity contribution in [1.82, 2.24) is 25.1 Å². The number of aliphatic hydroxyl groups is 1. The number of nitrogens with two attached hydrogens (primary N) is 1. The summed E-state index contributed by atoms with van der Waals surface area (Å²) < 4.78 is 5.28. The summed E-state index contributed by atoms with van der Waals surface area (Å²) in [4.78, 5) is 49.0. The van der Waals surface area contributed by atoms with Gasteiger partial charge in [0.05, 0.1) is 11.4 Å². The molecule has 42 heavy (non-hydrogen) atoms. The van der Waals surface area contributed by atoms with Crippen LogP contribution in [0.15, 0.2) is 36.4 Å². The molecule has 0 radical (unpaired) electrons. The first-order chi connectivity index (χ1) is 19.6. The zero-order valence-electron chi connectivity index (χ0n) is 25.9. The van der Waals surface area contributed by atoms with Crippen LogP contribution in [-0.2, 0) is 27.2 Å². The largest absolute Gasteiger partial charge is 0.444 e. The van der Waals surface area contributed by atoms with Crippen LogP contribution in [0.1, 0.15) is 63.5 Å². The number of aromatic nitrogens is 2. The maximum Gasteiger partial charge on any atom is 0.410 e. The van der Waals surface area contributed by atoms with Crippen molar-refractivity contribution in [3.05, 3.63) is 59.1 Å². The summed E-state index contributed by atoms with van der Waals surface area (Å²) in [6, 6.07) is 6.89. The molecule has 0 spiro atoms. The Balaban J connectivity index is 1.90. The Hall–Kier alpha value is -4.03. The van der Waals surface area contributed by atoms with E-state index in [0.29, 0.717) is 25.2 Å². The number of anilines is 2. The number of hydrogen-bond acceptors (Lipinski definition) is 9. The van der Waals surface area contributed by atoms with Crippen molar-refractivity contribution in [2.24, 2.45) is 5.73 Å². The molecular formula is C30H45N7O5. The third kappa shape index (κ3) is 10.4. The van der Waals surface area contributed by atoms with Gasteiger partial charge in [0.25, 0.3) is 0 Å². The number of ether oxygens (including phenoxy) is 1. The van der Waals surface area contributed by atoms with Gasteiger partial charge in [-0.3, -0.25) is 9.59 Å². The Bertz CT molecular complexity index is 1270. The second-order valence-corrected chi connectivity index (χ2v) is 11.0. The van der Waals surface area contributed by atoms with Crippen LogP contribution in [0.25, 0.3) is 0 Å². The molecule has 0 fully saturated rings. The van der Waals surface area contributed by atoms with E-state index in [1.807, 2.05) is 38.1 Å². The molecule has 5 N–H and O–H groups in total. The molecule has 2 aromatic rings. The molecule has 2 atom stereocenters. The fourth-order valence-electron chi connectivity index (χ4n) is 3.83. The Morgan fingerprint density at radius 1 is 1.19 bits per heavy atom. The number of benzene rings is 1. The molecule has 0 aliphatic rings. The van der Waals surface area contributed by atoms with E-state index in [1.54, 1.807) is 47.9 Å². The Kier molecular flexibility index (Phi) is 12.4. The lowest BCUT2D eigenvalue weighted by atomic mass is 10.1. The van der Waals surface area contributed by atoms with E-state index in [4.69, 9.17) is 10.5 Å². The van der Waals surface area contributed by atoms with E-state index in [0.717, 1.165) is 22.6 Å². The van der Waals surface area contributed by atoms with Crippen molar-refractivity contribution in [3.8, 4) is 0 Å². The van der Waals surface area contributed by atoms with Gasteiger partial charge in [0.15, 0.2) is 5.82 Å². The number of nitrogens with zero attached hydrogens (tertiary/aromatic N) is 4. The van der Waals surface area contributed by atoms with Gasteiger partial charge in [0, 0.05) is 38.9 Å². The van der Waals surface area contributed by atoms with E-state index >= 15 is 0 Å². The number of nitrogens with one attached hydrogen (secondary N) is 2. The van der Waals surface area contributed by atoms with Crippen LogP contribution in [0.5, 0.6) is 0 Å². The minimum Gasteiger partial charge on any atom is -0.444 e. The predicted molar refractivity (Wildman–Crippen MR) is 162 cm³/mol. The number of aryl methyl sites for hydroxylation is 2. The fraction of sp³-hybridized carbons (Fsp3) is 0.500. The number of carbonyl (C=O) groups is 3. The average Bonchev–Trinajstić information content (AvgIpc) is 2.91. The summed E-state index contributed by atoms with van der Waals surface area (Å²) in [5.41, 5.74) is 8.60. The number of rotatable bonds is 12. The molecule has 230 valence electrons. The summed E-state index contributed by atoms with van der Waals surface area (Å²) >= 11 is 0. The molecule has 0 aliphatic carbocycles. The molecule has 1 unspecified atom stereocenters. The molecule has 0 saturated carbocycles. The van der Waals surface area contributed by atoms with Crippen LogP contribution in [-0.4, -0.2) is 81.6 Å². The summed E-state index contributed by atoms with van der Waals surface area (Å²) in [5.74, 6) is -0.263. The first kappa shape index (κ1) is 34.2. The van der Waals surface area contributed by atoms with Gasteiger partial charge in [0.2, 0.25) is 11.8 Å². The number of hydrogen-bond donors (Lipinski definition) is 4. The van der Waals surface area contributed by atoms with Gasteiger partial charge in [-0.15, -0.1) is 0 Å². The van der Waals surface area contributed by atoms with Gasteiger partial charge in [-0.1, -0.05) is 25.1 Å². The monoisotopic (exact) mass is 583 g/mol. The highest BCUT2D eigenvalue weighted by molar-refractivity contribution is 5.92. The summed E-state index contributed by atoms with van der Waals surface area (Å²) in [5, 5.41) is 16.1. The van der Waals surface area contributed by atoms with Crippen molar-refractivity contribution in [2.45, 2.75) is 72.3 Å². The van der Waals surface area contributed by atoms with Gasteiger partial charge in [-0.05, 0) is 65.2 Å². The predicted octanol–water partition coefficient (Wildman–Crippen LogP) is 2.97. The van der Waals surface area contributed by atoms with E-state index < -0.39 is 24.0 Å². The molecule has 0 aliphatic heterocycles. The van der Waals surface area contributed by atoms with Crippen LogP contribution in [0.3, 0.4) is 0 Å². The lowest BCUT2D eigenvalue weighted by Crippen LogP contribution is -2.45. The van der Waals surface area contributed by atoms with E-state index in [1.165, 1.54) is 15.9 Å². The zero-order chi connectivity index (χ0) is 31.6. The van der Waals surface area contributed by atoms with E-state index in [-0.39, 0.29) is 24.1 Å². The lowest BCUT2D eigenvalue weighted by molar-refractivity contribution is -0.135. The number of aliphatic hydroxyl groups excluding tert-OH is 1. The fourth-order valence-corrected chi connectivity index (χ4v) is 3.83. The van der Waals surface area contributed by atoms with Crippen molar-refractivity contribution in [2.75, 3.05) is 32.5 Å². The third-order valence-corrected chi connectivity index (χ3v) is 6.37. The first-order valence-electron chi connectivity index (χ1n) is 13.9. The highest BCUT2D eigenvalue weighted by Gasteiger charge is 2.22. The SMILES string of the molecule is CCc1nc(C(N)O)c(Nc2cccc(CCNC(=O)[C@H](C)N(C)C(=O)/C=C/CN(C)C(=O)OC(C)(C)C)c2)nc1C. The van der Waals surface area contributed by atoms with Gasteiger partial charge >= 0.3 is 6.09 Å². The van der Waals surface area contributed by atoms with Gasteiger partial charge < -0.3 is 36.0 Å². The quantitative estimate of drug-likeness (QED) is 0.217. The minimum atomic E-state index is -1.27. The topological polar surface area (TPSA) is 163 Å². The normalized spacial score (nSPS) is 12.9. The smallest absolute Gasteiger partial charge is 0.410 e. The average molecular weight is 584 g/mol. The van der Waals surface area contributed by atoms with Gasteiger partial charge in [-0.2, -0.15) is 0 Å². The standard InChI is InChI=1S/C30H45N7O5/c1-9-23-19(2)33-27(25(35-23)26(31)39)34-22-13-10-12-21(18-22)15-16-32-28(40)20(3)37(8)24(38)14-11-17-36(7)29(41)42-30(4,5)6/h10-14,18,20,26,39H,9,15-17,31H2,1-8H3,(H,32,40)(H,33,34)/b14-11+/t20-,26?/m0/s1.